The summed E-state index contributed by atoms with van der Waals surface area (Å²) in [6.45, 7) is 3.70. The average molecular weight is 245 g/mol. The lowest BCUT2D eigenvalue weighted by Crippen LogP contribution is -2.46. The monoisotopic (exact) mass is 245 g/mol. The molecule has 0 rings (SSSR count). The van der Waals surface area contributed by atoms with Crippen molar-refractivity contribution in [2.45, 2.75) is 32.7 Å². The summed E-state index contributed by atoms with van der Waals surface area (Å²) in [7, 11) is 0. The molecule has 7 heteroatoms. The summed E-state index contributed by atoms with van der Waals surface area (Å²) in [5, 5.41) is 15.6. The van der Waals surface area contributed by atoms with Gasteiger partial charge in [-0.3, -0.25) is 20.2 Å². The minimum atomic E-state index is -1.05. The van der Waals surface area contributed by atoms with Crippen LogP contribution in [-0.2, 0) is 9.59 Å². The zero-order chi connectivity index (χ0) is 13.3. The molecule has 17 heavy (non-hydrogen) atoms. The molecule has 1 unspecified atom stereocenters. The first-order valence-corrected chi connectivity index (χ1v) is 5.51. The van der Waals surface area contributed by atoms with E-state index in [-0.39, 0.29) is 6.54 Å². The molecule has 0 aliphatic rings. The fourth-order valence-corrected chi connectivity index (χ4v) is 0.927. The van der Waals surface area contributed by atoms with Crippen molar-refractivity contribution in [2.75, 3.05) is 13.1 Å². The first kappa shape index (κ1) is 15.4. The molecule has 0 heterocycles. The van der Waals surface area contributed by atoms with Gasteiger partial charge in [0.2, 0.25) is 5.91 Å². The molecule has 0 aliphatic heterocycles. The summed E-state index contributed by atoms with van der Waals surface area (Å²) in [5.41, 5.74) is 0. The molecule has 4 N–H and O–H groups in total. The third-order valence-corrected chi connectivity index (χ3v) is 2.01. The van der Waals surface area contributed by atoms with Crippen molar-refractivity contribution in [2.24, 2.45) is 0 Å². The highest BCUT2D eigenvalue weighted by atomic mass is 16.4. The Morgan fingerprint density at radius 2 is 1.94 bits per heavy atom. The maximum absolute atomic E-state index is 11.2. The van der Waals surface area contributed by atoms with Gasteiger partial charge in [-0.05, 0) is 13.3 Å². The first-order valence-electron chi connectivity index (χ1n) is 5.51. The molecule has 7 nitrogen and oxygen atoms in total. The smallest absolute Gasteiger partial charge is 0.321 e. The number of unbranched alkanes of at least 4 members (excludes halogenated alkanes) is 1. The predicted octanol–water partition coefficient (Wildman–Crippen LogP) is -0.325. The van der Waals surface area contributed by atoms with E-state index in [4.69, 9.17) is 5.11 Å². The Hall–Kier alpha value is -1.63. The van der Waals surface area contributed by atoms with E-state index in [2.05, 4.69) is 16.0 Å². The molecule has 0 saturated carbocycles. The van der Waals surface area contributed by atoms with Crippen LogP contribution in [0.15, 0.2) is 0 Å². The fraction of sp³-hybridized carbons (Fsp3) is 0.700. The highest BCUT2D eigenvalue weighted by Gasteiger charge is 2.12. The normalized spacial score (nSPS) is 11.6. The lowest BCUT2D eigenvalue weighted by atomic mass is 10.3. The van der Waals surface area contributed by atoms with E-state index in [1.54, 1.807) is 0 Å². The highest BCUT2D eigenvalue weighted by molar-refractivity contribution is 5.95. The number of aliphatic carboxylic acids is 1. The van der Waals surface area contributed by atoms with Crippen molar-refractivity contribution in [3.63, 3.8) is 0 Å². The summed E-state index contributed by atoms with van der Waals surface area (Å²) in [6.07, 6.45) is 1.79. The zero-order valence-electron chi connectivity index (χ0n) is 10.1. The molecule has 3 amide bonds. The van der Waals surface area contributed by atoms with Gasteiger partial charge in [0.05, 0.1) is 6.54 Å². The number of imide groups is 1. The second kappa shape index (κ2) is 8.51. The lowest BCUT2D eigenvalue weighted by Gasteiger charge is -2.09. The molecule has 0 bridgehead atoms. The van der Waals surface area contributed by atoms with Crippen LogP contribution >= 0.6 is 0 Å². The van der Waals surface area contributed by atoms with Crippen LogP contribution in [-0.4, -0.2) is 42.1 Å². The number of carbonyl (C=O) groups excluding carboxylic acids is 2. The van der Waals surface area contributed by atoms with Gasteiger partial charge in [-0.15, -0.1) is 0 Å². The Balaban J connectivity index is 3.71. The van der Waals surface area contributed by atoms with E-state index in [0.29, 0.717) is 6.54 Å². The number of nitrogens with one attached hydrogen (secondary N) is 3. The molecule has 0 aromatic heterocycles. The van der Waals surface area contributed by atoms with Crippen LogP contribution in [0.25, 0.3) is 0 Å². The molecule has 0 spiro atoms. The quantitative estimate of drug-likeness (QED) is 0.460. The molecule has 0 aromatic rings. The maximum atomic E-state index is 11.2. The van der Waals surface area contributed by atoms with Crippen LogP contribution in [0.3, 0.4) is 0 Å². The number of urea groups is 1. The number of carboxylic acid groups (broad SMARTS) is 1. The number of hydrogen-bond acceptors (Lipinski definition) is 4. The van der Waals surface area contributed by atoms with E-state index in [9.17, 15) is 14.4 Å². The second-order valence-corrected chi connectivity index (χ2v) is 3.60. The topological polar surface area (TPSA) is 108 Å². The third-order valence-electron chi connectivity index (χ3n) is 2.01. The molecule has 0 radical (unpaired) electrons. The largest absolute Gasteiger partial charge is 0.480 e. The van der Waals surface area contributed by atoms with E-state index >= 15 is 0 Å². The Morgan fingerprint density at radius 3 is 2.47 bits per heavy atom. The second-order valence-electron chi connectivity index (χ2n) is 3.60. The first-order chi connectivity index (χ1) is 7.97. The van der Waals surface area contributed by atoms with E-state index in [0.717, 1.165) is 12.8 Å². The van der Waals surface area contributed by atoms with Crippen LogP contribution in [0, 0.1) is 0 Å². The zero-order valence-corrected chi connectivity index (χ0v) is 10.1. The Labute approximate surface area is 100.0 Å². The van der Waals surface area contributed by atoms with E-state index in [1.807, 2.05) is 6.92 Å². The summed E-state index contributed by atoms with van der Waals surface area (Å²) in [4.78, 5) is 32.7. The summed E-state index contributed by atoms with van der Waals surface area (Å²) in [6, 6.07) is -1.39. The molecule has 0 fully saturated rings. The minimum Gasteiger partial charge on any atom is -0.480 e. The highest BCUT2D eigenvalue weighted by Crippen LogP contribution is 1.82. The standard InChI is InChI=1S/C10H19N3O4/c1-3-4-5-11-10(17)13-8(14)6-12-7(2)9(15)16/h7,12H,3-6H2,1-2H3,(H,15,16)(H2,11,13,14,17). The summed E-state index contributed by atoms with van der Waals surface area (Å²) in [5.74, 6) is -1.61. The van der Waals surface area contributed by atoms with Crippen LogP contribution in [0.2, 0.25) is 0 Å². The van der Waals surface area contributed by atoms with Crippen LogP contribution in [0.5, 0.6) is 0 Å². The molecule has 1 atom stereocenters. The predicted molar refractivity (Wildman–Crippen MR) is 61.5 cm³/mol. The van der Waals surface area contributed by atoms with Gasteiger partial charge in [0.1, 0.15) is 6.04 Å². The van der Waals surface area contributed by atoms with Crippen molar-refractivity contribution in [1.29, 1.82) is 0 Å². The Kier molecular flexibility index (Phi) is 7.70. The van der Waals surface area contributed by atoms with Crippen molar-refractivity contribution >= 4 is 17.9 Å². The third kappa shape index (κ3) is 8.21. The molecule has 0 aliphatic carbocycles. The average Bonchev–Trinajstić information content (AvgIpc) is 2.26. The Morgan fingerprint density at radius 1 is 1.29 bits per heavy atom. The number of rotatable bonds is 7. The van der Waals surface area contributed by atoms with Gasteiger partial charge in [0.15, 0.2) is 0 Å². The SMILES string of the molecule is CCCCNC(=O)NC(=O)CNC(C)C(=O)O. The summed E-state index contributed by atoms with van der Waals surface area (Å²) < 4.78 is 0. The number of carboxylic acids is 1. The van der Waals surface area contributed by atoms with Gasteiger partial charge in [0, 0.05) is 6.54 Å². The van der Waals surface area contributed by atoms with Crippen molar-refractivity contribution in [3.05, 3.63) is 0 Å². The van der Waals surface area contributed by atoms with E-state index in [1.165, 1.54) is 6.92 Å². The lowest BCUT2D eigenvalue weighted by molar-refractivity contribution is -0.139. The summed E-state index contributed by atoms with van der Waals surface area (Å²) >= 11 is 0. The van der Waals surface area contributed by atoms with Crippen molar-refractivity contribution in [3.8, 4) is 0 Å². The Bertz CT molecular complexity index is 281. The van der Waals surface area contributed by atoms with Gasteiger partial charge < -0.3 is 10.4 Å². The van der Waals surface area contributed by atoms with Crippen molar-refractivity contribution in [1.82, 2.24) is 16.0 Å². The number of hydrogen-bond donors (Lipinski definition) is 4. The van der Waals surface area contributed by atoms with Gasteiger partial charge in [-0.25, -0.2) is 4.79 Å². The van der Waals surface area contributed by atoms with Crippen LogP contribution in [0.4, 0.5) is 4.79 Å². The van der Waals surface area contributed by atoms with Crippen molar-refractivity contribution < 1.29 is 19.5 Å². The van der Waals surface area contributed by atoms with Crippen LogP contribution < -0.4 is 16.0 Å². The fourth-order valence-electron chi connectivity index (χ4n) is 0.927. The number of amides is 3. The van der Waals surface area contributed by atoms with Gasteiger partial charge in [-0.1, -0.05) is 13.3 Å². The molecular weight excluding hydrogens is 226 g/mol. The molecule has 0 aromatic carbocycles. The molecular formula is C10H19N3O4. The maximum Gasteiger partial charge on any atom is 0.321 e. The van der Waals surface area contributed by atoms with E-state index < -0.39 is 23.9 Å². The van der Waals surface area contributed by atoms with Gasteiger partial charge in [0.25, 0.3) is 0 Å². The van der Waals surface area contributed by atoms with Gasteiger partial charge >= 0.3 is 12.0 Å². The van der Waals surface area contributed by atoms with Crippen LogP contribution in [0.1, 0.15) is 26.7 Å². The minimum absolute atomic E-state index is 0.214. The number of carbonyl (C=O) groups is 3. The molecule has 0 saturated heterocycles. The van der Waals surface area contributed by atoms with Gasteiger partial charge in [-0.2, -0.15) is 0 Å². The molecule has 98 valence electrons.